The number of nitrogens with zero attached hydrogens (tertiary/aromatic N) is 7. The average molecular weight is 413 g/mol. The van der Waals surface area contributed by atoms with Gasteiger partial charge in [0.05, 0.1) is 0 Å². The van der Waals surface area contributed by atoms with Crippen molar-refractivity contribution < 1.29 is 4.79 Å². The molecule has 0 aliphatic carbocycles. The summed E-state index contributed by atoms with van der Waals surface area (Å²) in [6.45, 7) is 4.63. The molecule has 1 amide bonds. The first-order valence-corrected chi connectivity index (χ1v) is 10.3. The Morgan fingerprint density at radius 1 is 0.871 bits per heavy atom. The van der Waals surface area contributed by atoms with E-state index in [0.717, 1.165) is 30.4 Å². The minimum Gasteiger partial charge on any atom is -0.353 e. The Morgan fingerprint density at radius 2 is 1.58 bits per heavy atom. The van der Waals surface area contributed by atoms with Crippen LogP contribution in [0.25, 0.3) is 11.5 Å². The van der Waals surface area contributed by atoms with Gasteiger partial charge in [-0.25, -0.2) is 14.6 Å². The van der Waals surface area contributed by atoms with E-state index in [9.17, 15) is 4.79 Å². The van der Waals surface area contributed by atoms with E-state index in [1.165, 1.54) is 0 Å². The molecule has 3 aromatic heterocycles. The van der Waals surface area contributed by atoms with E-state index in [-0.39, 0.29) is 5.91 Å². The minimum absolute atomic E-state index is 0.0646. The molecule has 0 atom stereocenters. The Labute approximate surface area is 180 Å². The summed E-state index contributed by atoms with van der Waals surface area (Å²) in [5, 5.41) is 4.26. The highest BCUT2D eigenvalue weighted by atomic mass is 16.2. The van der Waals surface area contributed by atoms with Crippen molar-refractivity contribution in [1.29, 1.82) is 0 Å². The molecule has 0 radical (unpaired) electrons. The summed E-state index contributed by atoms with van der Waals surface area (Å²) in [5.41, 5.74) is 1.75. The van der Waals surface area contributed by atoms with Gasteiger partial charge in [0.15, 0.2) is 5.82 Å². The molecule has 8 heteroatoms. The molecule has 8 nitrogen and oxygen atoms in total. The zero-order valence-corrected chi connectivity index (χ0v) is 17.3. The van der Waals surface area contributed by atoms with Gasteiger partial charge in [-0.1, -0.05) is 0 Å². The highest BCUT2D eigenvalue weighted by Crippen LogP contribution is 2.19. The van der Waals surface area contributed by atoms with Gasteiger partial charge in [0.1, 0.15) is 11.6 Å². The summed E-state index contributed by atoms with van der Waals surface area (Å²) in [6.07, 6.45) is 7.57. The van der Waals surface area contributed by atoms with Crippen LogP contribution in [0.1, 0.15) is 16.2 Å². The summed E-state index contributed by atoms with van der Waals surface area (Å²) < 4.78 is 3.75. The van der Waals surface area contributed by atoms with E-state index in [0.29, 0.717) is 24.5 Å². The molecule has 0 spiro atoms. The first-order valence-electron chi connectivity index (χ1n) is 10.3. The number of carbonyl (C=O) groups is 1. The second-order valence-electron chi connectivity index (χ2n) is 7.50. The van der Waals surface area contributed by atoms with Crippen LogP contribution in [0.5, 0.6) is 0 Å². The van der Waals surface area contributed by atoms with Crippen molar-refractivity contribution in [2.75, 3.05) is 31.1 Å². The fourth-order valence-corrected chi connectivity index (χ4v) is 3.82. The number of piperazine rings is 1. The van der Waals surface area contributed by atoms with Crippen molar-refractivity contribution >= 4 is 11.7 Å². The summed E-state index contributed by atoms with van der Waals surface area (Å²) >= 11 is 0. The van der Waals surface area contributed by atoms with Crippen LogP contribution in [0.2, 0.25) is 0 Å². The average Bonchev–Trinajstić information content (AvgIpc) is 3.53. The van der Waals surface area contributed by atoms with Crippen LogP contribution in [0, 0.1) is 6.92 Å². The summed E-state index contributed by atoms with van der Waals surface area (Å²) in [5.74, 6) is 2.37. The van der Waals surface area contributed by atoms with Crippen LogP contribution in [-0.4, -0.2) is 61.3 Å². The predicted molar refractivity (Wildman–Crippen MR) is 118 cm³/mol. The number of aryl methyl sites for hydroxylation is 1. The molecule has 4 aromatic rings. The Kier molecular flexibility index (Phi) is 4.95. The van der Waals surface area contributed by atoms with E-state index in [2.05, 4.69) is 20.0 Å². The molecule has 1 fully saturated rings. The van der Waals surface area contributed by atoms with Gasteiger partial charge in [0.2, 0.25) is 0 Å². The van der Waals surface area contributed by atoms with Crippen molar-refractivity contribution in [2.45, 2.75) is 6.92 Å². The second-order valence-corrected chi connectivity index (χ2v) is 7.50. The number of anilines is 1. The topological polar surface area (TPSA) is 72.1 Å². The Bertz CT molecular complexity index is 1160. The van der Waals surface area contributed by atoms with Gasteiger partial charge in [0, 0.05) is 68.3 Å². The SMILES string of the molecule is Cc1nc(N2CCN(C(=O)c3ccc(-n4cccc4)cc3)CC2)cc(-n2cccn2)n1. The van der Waals surface area contributed by atoms with Crippen molar-refractivity contribution in [2.24, 2.45) is 0 Å². The molecule has 5 rings (SSSR count). The van der Waals surface area contributed by atoms with Gasteiger partial charge in [0.25, 0.3) is 5.91 Å². The first-order chi connectivity index (χ1) is 15.2. The maximum absolute atomic E-state index is 13.0. The molecular weight excluding hydrogens is 390 g/mol. The quantitative estimate of drug-likeness (QED) is 0.514. The van der Waals surface area contributed by atoms with Crippen LogP contribution in [0.4, 0.5) is 5.82 Å². The van der Waals surface area contributed by atoms with Crippen molar-refractivity contribution in [3.05, 3.63) is 84.7 Å². The maximum atomic E-state index is 13.0. The smallest absolute Gasteiger partial charge is 0.253 e. The summed E-state index contributed by atoms with van der Waals surface area (Å²) in [4.78, 5) is 26.1. The molecule has 0 N–H and O–H groups in total. The molecule has 1 aromatic carbocycles. The Hall–Kier alpha value is -3.94. The van der Waals surface area contributed by atoms with E-state index in [1.54, 1.807) is 10.9 Å². The molecular formula is C23H23N7O. The van der Waals surface area contributed by atoms with E-state index in [4.69, 9.17) is 0 Å². The Morgan fingerprint density at radius 3 is 2.26 bits per heavy atom. The van der Waals surface area contributed by atoms with Gasteiger partial charge in [-0.15, -0.1) is 0 Å². The van der Waals surface area contributed by atoms with Crippen LogP contribution in [0.3, 0.4) is 0 Å². The van der Waals surface area contributed by atoms with Gasteiger partial charge in [-0.3, -0.25) is 4.79 Å². The molecule has 0 unspecified atom stereocenters. The molecule has 0 saturated carbocycles. The second kappa shape index (κ2) is 8.06. The molecule has 1 aliphatic heterocycles. The van der Waals surface area contributed by atoms with E-state index in [1.807, 2.05) is 83.5 Å². The predicted octanol–water partition coefficient (Wildman–Crippen LogP) is 2.72. The van der Waals surface area contributed by atoms with Crippen molar-refractivity contribution in [1.82, 2.24) is 29.2 Å². The molecule has 1 saturated heterocycles. The molecule has 31 heavy (non-hydrogen) atoms. The fraction of sp³-hybridized carbons (Fsp3) is 0.217. The number of hydrogen-bond donors (Lipinski definition) is 0. The monoisotopic (exact) mass is 413 g/mol. The number of hydrogen-bond acceptors (Lipinski definition) is 5. The number of carbonyl (C=O) groups excluding carboxylic acids is 1. The van der Waals surface area contributed by atoms with Gasteiger partial charge < -0.3 is 14.4 Å². The van der Waals surface area contributed by atoms with Crippen LogP contribution in [-0.2, 0) is 0 Å². The zero-order valence-electron chi connectivity index (χ0n) is 17.3. The lowest BCUT2D eigenvalue weighted by Crippen LogP contribution is -2.49. The lowest BCUT2D eigenvalue weighted by molar-refractivity contribution is 0.0746. The summed E-state index contributed by atoms with van der Waals surface area (Å²) in [6, 6.07) is 15.5. The third-order valence-corrected chi connectivity index (χ3v) is 5.46. The van der Waals surface area contributed by atoms with Gasteiger partial charge >= 0.3 is 0 Å². The largest absolute Gasteiger partial charge is 0.353 e. The van der Waals surface area contributed by atoms with Gasteiger partial charge in [-0.05, 0) is 49.4 Å². The lowest BCUT2D eigenvalue weighted by Gasteiger charge is -2.35. The standard InChI is InChI=1S/C23H23N7O/c1-18-25-21(17-22(26-18)30-12-4-9-24-30)28-13-15-29(16-14-28)23(31)19-5-7-20(8-6-19)27-10-2-3-11-27/h2-12,17H,13-16H2,1H3. The number of benzene rings is 1. The third-order valence-electron chi connectivity index (χ3n) is 5.46. The normalized spacial score (nSPS) is 14.1. The fourth-order valence-electron chi connectivity index (χ4n) is 3.82. The summed E-state index contributed by atoms with van der Waals surface area (Å²) in [7, 11) is 0. The lowest BCUT2D eigenvalue weighted by atomic mass is 10.1. The van der Waals surface area contributed by atoms with E-state index < -0.39 is 0 Å². The van der Waals surface area contributed by atoms with Crippen molar-refractivity contribution in [3.63, 3.8) is 0 Å². The van der Waals surface area contributed by atoms with E-state index >= 15 is 0 Å². The molecule has 1 aliphatic rings. The maximum Gasteiger partial charge on any atom is 0.253 e. The van der Waals surface area contributed by atoms with Crippen LogP contribution >= 0.6 is 0 Å². The minimum atomic E-state index is 0.0646. The third kappa shape index (κ3) is 3.92. The van der Waals surface area contributed by atoms with Crippen molar-refractivity contribution in [3.8, 4) is 11.5 Å². The zero-order chi connectivity index (χ0) is 21.2. The molecule has 0 bridgehead atoms. The number of aromatic nitrogens is 5. The number of rotatable bonds is 4. The highest BCUT2D eigenvalue weighted by molar-refractivity contribution is 5.94. The van der Waals surface area contributed by atoms with Crippen LogP contribution in [0.15, 0.2) is 73.3 Å². The van der Waals surface area contributed by atoms with Crippen LogP contribution < -0.4 is 4.90 Å². The Balaban J connectivity index is 1.26. The first kappa shape index (κ1) is 19.0. The number of amides is 1. The molecule has 4 heterocycles. The highest BCUT2D eigenvalue weighted by Gasteiger charge is 2.23. The molecule has 156 valence electrons. The van der Waals surface area contributed by atoms with Gasteiger partial charge in [-0.2, -0.15) is 5.10 Å².